The number of hydrogen-bond donors (Lipinski definition) is 1. The summed E-state index contributed by atoms with van der Waals surface area (Å²) in [5, 5.41) is 3.60. The molecule has 3 rings (SSSR count). The Labute approximate surface area is 168 Å². The van der Waals surface area contributed by atoms with Gasteiger partial charge in [-0.05, 0) is 44.5 Å². The van der Waals surface area contributed by atoms with Crippen molar-refractivity contribution in [2.75, 3.05) is 5.32 Å². The summed E-state index contributed by atoms with van der Waals surface area (Å²) >= 11 is 1.27. The van der Waals surface area contributed by atoms with Crippen LogP contribution in [-0.4, -0.2) is 20.7 Å². The quantitative estimate of drug-likeness (QED) is 0.385. The van der Waals surface area contributed by atoms with E-state index in [1.165, 1.54) is 11.8 Å². The number of aryl methyl sites for hydroxylation is 2. The summed E-state index contributed by atoms with van der Waals surface area (Å²) < 4.78 is 1.56. The Morgan fingerprint density at radius 1 is 1.29 bits per heavy atom. The molecule has 1 aromatic heterocycles. The zero-order valence-electron chi connectivity index (χ0n) is 16.2. The number of carbonyl (C=O) groups excluding carboxylic acids is 1. The predicted octanol–water partition coefficient (Wildman–Crippen LogP) is 4.32. The van der Waals surface area contributed by atoms with Crippen LogP contribution in [-0.2, 0) is 11.3 Å². The zero-order valence-corrected chi connectivity index (χ0v) is 17.0. The van der Waals surface area contributed by atoms with Crippen LogP contribution in [0.15, 0.2) is 65.1 Å². The molecule has 1 N–H and O–H groups in total. The number of carbonyl (C=O) groups is 1. The molecule has 28 heavy (non-hydrogen) atoms. The summed E-state index contributed by atoms with van der Waals surface area (Å²) in [5.41, 5.74) is 3.44. The SMILES string of the molecule is C=CCn1c(S[C@H](C)C(=O)Nc2ccc(C)cc2C)nc2ccccc2c1=O. The standard InChI is InChI=1S/C22H23N3O2S/c1-5-12-25-21(27)17-8-6-7-9-19(17)24-22(25)28-16(4)20(26)23-18-11-10-14(2)13-15(18)3/h5-11,13,16H,1,12H2,2-4H3,(H,23,26)/t16-/m1/s1. The van der Waals surface area contributed by atoms with Crippen molar-refractivity contribution in [2.24, 2.45) is 0 Å². The Balaban J connectivity index is 1.88. The summed E-state index contributed by atoms with van der Waals surface area (Å²) in [6, 6.07) is 13.1. The second-order valence-corrected chi connectivity index (χ2v) is 7.99. The minimum atomic E-state index is -0.426. The lowest BCUT2D eigenvalue weighted by molar-refractivity contribution is -0.115. The van der Waals surface area contributed by atoms with Gasteiger partial charge < -0.3 is 5.32 Å². The molecule has 0 radical (unpaired) electrons. The van der Waals surface area contributed by atoms with Gasteiger partial charge in [-0.2, -0.15) is 0 Å². The predicted molar refractivity (Wildman–Crippen MR) is 116 cm³/mol. The summed E-state index contributed by atoms with van der Waals surface area (Å²) in [7, 11) is 0. The van der Waals surface area contributed by atoms with E-state index in [2.05, 4.69) is 16.9 Å². The Hall–Kier alpha value is -2.86. The molecule has 0 aliphatic rings. The van der Waals surface area contributed by atoms with Gasteiger partial charge >= 0.3 is 0 Å². The van der Waals surface area contributed by atoms with Crippen LogP contribution in [0, 0.1) is 13.8 Å². The molecule has 3 aromatic rings. The van der Waals surface area contributed by atoms with E-state index in [0.717, 1.165) is 16.8 Å². The maximum absolute atomic E-state index is 12.8. The maximum atomic E-state index is 12.8. The Bertz CT molecular complexity index is 1100. The Morgan fingerprint density at radius 2 is 2.04 bits per heavy atom. The van der Waals surface area contributed by atoms with Gasteiger partial charge in [0.05, 0.1) is 16.2 Å². The van der Waals surface area contributed by atoms with Crippen LogP contribution >= 0.6 is 11.8 Å². The highest BCUT2D eigenvalue weighted by Crippen LogP contribution is 2.24. The number of benzene rings is 2. The van der Waals surface area contributed by atoms with Gasteiger partial charge in [0.15, 0.2) is 5.16 Å². The molecule has 1 atom stereocenters. The van der Waals surface area contributed by atoms with Crippen LogP contribution in [0.3, 0.4) is 0 Å². The van der Waals surface area contributed by atoms with E-state index in [4.69, 9.17) is 0 Å². The molecule has 1 heterocycles. The fraction of sp³-hybridized carbons (Fsp3) is 0.227. The maximum Gasteiger partial charge on any atom is 0.262 e. The number of fused-ring (bicyclic) bond motifs is 1. The molecular formula is C22H23N3O2S. The van der Waals surface area contributed by atoms with Crippen LogP contribution in [0.1, 0.15) is 18.1 Å². The summed E-state index contributed by atoms with van der Waals surface area (Å²) in [4.78, 5) is 30.1. The van der Waals surface area contributed by atoms with E-state index in [-0.39, 0.29) is 11.5 Å². The minimum absolute atomic E-state index is 0.130. The number of allylic oxidation sites excluding steroid dienone is 1. The van der Waals surface area contributed by atoms with Crippen LogP contribution < -0.4 is 10.9 Å². The number of amides is 1. The second kappa shape index (κ2) is 8.44. The van der Waals surface area contributed by atoms with Crippen LogP contribution in [0.4, 0.5) is 5.69 Å². The monoisotopic (exact) mass is 393 g/mol. The highest BCUT2D eigenvalue weighted by molar-refractivity contribution is 8.00. The van der Waals surface area contributed by atoms with E-state index >= 15 is 0 Å². The first-order valence-corrected chi connectivity index (χ1v) is 9.94. The van der Waals surface area contributed by atoms with Crippen molar-refractivity contribution >= 4 is 34.3 Å². The molecule has 0 aliphatic heterocycles. The molecule has 0 saturated heterocycles. The third kappa shape index (κ3) is 4.17. The summed E-state index contributed by atoms with van der Waals surface area (Å²) in [6.07, 6.45) is 1.66. The number of rotatable bonds is 6. The second-order valence-electron chi connectivity index (χ2n) is 6.68. The number of thioether (sulfide) groups is 1. The highest BCUT2D eigenvalue weighted by atomic mass is 32.2. The smallest absolute Gasteiger partial charge is 0.262 e. The molecule has 0 spiro atoms. The van der Waals surface area contributed by atoms with Gasteiger partial charge in [-0.15, -0.1) is 6.58 Å². The minimum Gasteiger partial charge on any atom is -0.325 e. The van der Waals surface area contributed by atoms with Gasteiger partial charge in [0.1, 0.15) is 0 Å². The average Bonchev–Trinajstić information content (AvgIpc) is 2.67. The van der Waals surface area contributed by atoms with E-state index in [9.17, 15) is 9.59 Å². The number of anilines is 1. The summed E-state index contributed by atoms with van der Waals surface area (Å²) in [5.74, 6) is -0.135. The molecule has 0 saturated carbocycles. The van der Waals surface area contributed by atoms with Gasteiger partial charge in [-0.1, -0.05) is 47.7 Å². The fourth-order valence-electron chi connectivity index (χ4n) is 2.93. The molecule has 1 amide bonds. The van der Waals surface area contributed by atoms with Gasteiger partial charge in [0, 0.05) is 12.2 Å². The molecular weight excluding hydrogens is 370 g/mol. The zero-order chi connectivity index (χ0) is 20.3. The lowest BCUT2D eigenvalue weighted by atomic mass is 10.1. The first kappa shape index (κ1) is 19.9. The Kier molecular flexibility index (Phi) is 5.99. The third-order valence-corrected chi connectivity index (χ3v) is 5.52. The van der Waals surface area contributed by atoms with E-state index in [0.29, 0.717) is 22.6 Å². The molecule has 0 fully saturated rings. The number of nitrogens with zero attached hydrogens (tertiary/aromatic N) is 2. The topological polar surface area (TPSA) is 64.0 Å². The lowest BCUT2D eigenvalue weighted by Crippen LogP contribution is -2.27. The molecule has 2 aromatic carbocycles. The number of nitrogens with one attached hydrogen (secondary N) is 1. The molecule has 0 unspecified atom stereocenters. The average molecular weight is 394 g/mol. The van der Waals surface area contributed by atoms with Gasteiger partial charge in [0.25, 0.3) is 5.56 Å². The Morgan fingerprint density at radius 3 is 2.75 bits per heavy atom. The van der Waals surface area contributed by atoms with E-state index in [1.54, 1.807) is 22.8 Å². The first-order chi connectivity index (χ1) is 13.4. The van der Waals surface area contributed by atoms with Crippen molar-refractivity contribution in [1.29, 1.82) is 0 Å². The van der Waals surface area contributed by atoms with E-state index in [1.807, 2.05) is 51.1 Å². The van der Waals surface area contributed by atoms with Gasteiger partial charge in [-0.25, -0.2) is 4.98 Å². The van der Waals surface area contributed by atoms with Gasteiger partial charge in [-0.3, -0.25) is 14.2 Å². The number of para-hydroxylation sites is 1. The summed E-state index contributed by atoms with van der Waals surface area (Å²) in [6.45, 7) is 9.86. The van der Waals surface area contributed by atoms with Crippen LogP contribution in [0.25, 0.3) is 10.9 Å². The van der Waals surface area contributed by atoms with Crippen LogP contribution in [0.5, 0.6) is 0 Å². The highest BCUT2D eigenvalue weighted by Gasteiger charge is 2.19. The number of hydrogen-bond acceptors (Lipinski definition) is 4. The molecule has 0 aliphatic carbocycles. The van der Waals surface area contributed by atoms with Crippen molar-refractivity contribution in [3.8, 4) is 0 Å². The molecule has 144 valence electrons. The van der Waals surface area contributed by atoms with Crippen LogP contribution in [0.2, 0.25) is 0 Å². The van der Waals surface area contributed by atoms with Crippen molar-refractivity contribution in [3.63, 3.8) is 0 Å². The van der Waals surface area contributed by atoms with Crippen molar-refractivity contribution in [3.05, 3.63) is 76.6 Å². The third-order valence-electron chi connectivity index (χ3n) is 4.43. The fourth-order valence-corrected chi connectivity index (χ4v) is 3.85. The normalized spacial score (nSPS) is 12.0. The molecule has 5 nitrogen and oxygen atoms in total. The largest absolute Gasteiger partial charge is 0.325 e. The van der Waals surface area contributed by atoms with Crippen molar-refractivity contribution in [1.82, 2.24) is 9.55 Å². The first-order valence-electron chi connectivity index (χ1n) is 9.06. The lowest BCUT2D eigenvalue weighted by Gasteiger charge is -2.16. The van der Waals surface area contributed by atoms with Gasteiger partial charge in [0.2, 0.25) is 5.91 Å². The molecule has 6 heteroatoms. The van der Waals surface area contributed by atoms with Crippen molar-refractivity contribution < 1.29 is 4.79 Å². The van der Waals surface area contributed by atoms with Crippen molar-refractivity contribution in [2.45, 2.75) is 37.7 Å². The van der Waals surface area contributed by atoms with E-state index < -0.39 is 5.25 Å². The molecule has 0 bridgehead atoms. The number of aromatic nitrogens is 2.